The van der Waals surface area contributed by atoms with Gasteiger partial charge in [0.15, 0.2) is 0 Å². The van der Waals surface area contributed by atoms with Crippen molar-refractivity contribution in [1.29, 1.82) is 0 Å². The van der Waals surface area contributed by atoms with Crippen LogP contribution < -0.4 is 5.32 Å². The van der Waals surface area contributed by atoms with Gasteiger partial charge >= 0.3 is 0 Å². The molecule has 104 valence electrons. The Labute approximate surface area is 121 Å². The van der Waals surface area contributed by atoms with Crippen molar-refractivity contribution in [2.75, 3.05) is 6.54 Å². The lowest BCUT2D eigenvalue weighted by Gasteiger charge is -2.62. The second-order valence-corrected chi connectivity index (χ2v) is 7.47. The fraction of sp³-hybridized carbons (Fsp3) is 0.647. The molecular weight excluding hydrogens is 254 g/mol. The number of rotatable bonds is 4. The van der Waals surface area contributed by atoms with Crippen molar-refractivity contribution in [3.8, 4) is 0 Å². The first kappa shape index (κ1) is 13.5. The molecule has 19 heavy (non-hydrogen) atoms. The van der Waals surface area contributed by atoms with E-state index in [9.17, 15) is 0 Å². The van der Waals surface area contributed by atoms with Gasteiger partial charge in [0, 0.05) is 23.0 Å². The Morgan fingerprint density at radius 1 is 1.26 bits per heavy atom. The molecule has 1 N–H and O–H groups in total. The van der Waals surface area contributed by atoms with E-state index in [4.69, 9.17) is 11.6 Å². The summed E-state index contributed by atoms with van der Waals surface area (Å²) in [5.41, 5.74) is 2.45. The normalized spacial score (nSPS) is 23.2. The zero-order valence-electron chi connectivity index (χ0n) is 12.0. The molecule has 2 aliphatic rings. The van der Waals surface area contributed by atoms with Crippen LogP contribution in [0.25, 0.3) is 0 Å². The molecule has 0 unspecified atom stereocenters. The Balaban J connectivity index is 1.81. The van der Waals surface area contributed by atoms with Crippen molar-refractivity contribution in [3.63, 3.8) is 0 Å². The largest absolute Gasteiger partial charge is 0.314 e. The van der Waals surface area contributed by atoms with Crippen molar-refractivity contribution in [2.45, 2.75) is 57.4 Å². The fourth-order valence-electron chi connectivity index (χ4n) is 4.06. The molecule has 2 saturated carbocycles. The molecule has 2 aliphatic carbocycles. The molecule has 3 rings (SSSR count). The van der Waals surface area contributed by atoms with Gasteiger partial charge in [0.1, 0.15) is 0 Å². The highest BCUT2D eigenvalue weighted by Gasteiger charge is 2.57. The van der Waals surface area contributed by atoms with Gasteiger partial charge in [-0.05, 0) is 48.8 Å². The minimum atomic E-state index is 0.329. The molecule has 0 saturated heterocycles. The Morgan fingerprint density at radius 2 is 2.00 bits per heavy atom. The topological polar surface area (TPSA) is 12.0 Å². The van der Waals surface area contributed by atoms with E-state index in [-0.39, 0.29) is 0 Å². The number of nitrogens with one attached hydrogen (secondary N) is 1. The summed E-state index contributed by atoms with van der Waals surface area (Å²) in [7, 11) is 0. The maximum atomic E-state index is 6.19. The van der Waals surface area contributed by atoms with Crippen LogP contribution in [0.1, 0.15) is 51.5 Å². The maximum Gasteiger partial charge on any atom is 0.0408 e. The van der Waals surface area contributed by atoms with Crippen molar-refractivity contribution < 1.29 is 0 Å². The second kappa shape index (κ2) is 4.79. The summed E-state index contributed by atoms with van der Waals surface area (Å²) in [6.45, 7) is 5.54. The lowest BCUT2D eigenvalue weighted by molar-refractivity contribution is -0.0489. The summed E-state index contributed by atoms with van der Waals surface area (Å²) in [6.07, 6.45) is 7.01. The molecular formula is C17H24ClN. The molecule has 1 aromatic rings. The highest BCUT2D eigenvalue weighted by atomic mass is 35.5. The summed E-state index contributed by atoms with van der Waals surface area (Å²) in [5, 5.41) is 4.52. The van der Waals surface area contributed by atoms with E-state index in [2.05, 4.69) is 37.4 Å². The van der Waals surface area contributed by atoms with Gasteiger partial charge in [-0.15, -0.1) is 0 Å². The molecule has 1 nitrogen and oxygen atoms in total. The van der Waals surface area contributed by atoms with E-state index >= 15 is 0 Å². The molecule has 1 aromatic carbocycles. The van der Waals surface area contributed by atoms with Crippen molar-refractivity contribution in [3.05, 3.63) is 34.9 Å². The highest BCUT2D eigenvalue weighted by molar-refractivity contribution is 6.30. The molecule has 0 amide bonds. The van der Waals surface area contributed by atoms with Crippen LogP contribution in [0.4, 0.5) is 0 Å². The molecule has 2 heteroatoms. The molecule has 0 aromatic heterocycles. The third-order valence-corrected chi connectivity index (χ3v) is 5.36. The second-order valence-electron chi connectivity index (χ2n) is 7.03. The van der Waals surface area contributed by atoms with Gasteiger partial charge in [0.05, 0.1) is 0 Å². The average Bonchev–Trinajstić information content (AvgIpc) is 2.25. The van der Waals surface area contributed by atoms with E-state index < -0.39 is 0 Å². The predicted octanol–water partition coefficient (Wildman–Crippen LogP) is 4.54. The van der Waals surface area contributed by atoms with Crippen LogP contribution in [0.15, 0.2) is 24.3 Å². The molecule has 0 radical (unpaired) electrons. The van der Waals surface area contributed by atoms with E-state index in [1.807, 2.05) is 6.07 Å². The fourth-order valence-corrected chi connectivity index (χ4v) is 4.25. The SMILES string of the molecule is CC(C)NCC1(c2cccc(Cl)c2)CC2(CCC2)C1. The third-order valence-electron chi connectivity index (χ3n) is 5.13. The lowest BCUT2D eigenvalue weighted by Crippen LogP contribution is -2.57. The number of hydrogen-bond acceptors (Lipinski definition) is 1. The zero-order chi connectivity index (χ0) is 13.5. The smallest absolute Gasteiger partial charge is 0.0408 e. The van der Waals surface area contributed by atoms with Crippen LogP contribution in [0.3, 0.4) is 0 Å². The summed E-state index contributed by atoms with van der Waals surface area (Å²) in [4.78, 5) is 0. The molecule has 0 heterocycles. The Bertz CT molecular complexity index is 454. The van der Waals surface area contributed by atoms with Crippen LogP contribution in [-0.4, -0.2) is 12.6 Å². The Morgan fingerprint density at radius 3 is 2.53 bits per heavy atom. The highest BCUT2D eigenvalue weighted by Crippen LogP contribution is 2.64. The first-order valence-electron chi connectivity index (χ1n) is 7.53. The van der Waals surface area contributed by atoms with Gasteiger partial charge in [-0.1, -0.05) is 44.0 Å². The van der Waals surface area contributed by atoms with Crippen LogP contribution in [0.5, 0.6) is 0 Å². The van der Waals surface area contributed by atoms with Gasteiger partial charge in [-0.3, -0.25) is 0 Å². The monoisotopic (exact) mass is 277 g/mol. The standard InChI is InChI=1S/C17H24ClN/c1-13(2)19-12-17(10-16(11-17)7-4-8-16)14-5-3-6-15(18)9-14/h3,5-6,9,13,19H,4,7-8,10-12H2,1-2H3. The number of hydrogen-bond donors (Lipinski definition) is 1. The minimum absolute atomic E-state index is 0.329. The van der Waals surface area contributed by atoms with E-state index in [1.165, 1.54) is 37.7 Å². The average molecular weight is 278 g/mol. The van der Waals surface area contributed by atoms with Crippen molar-refractivity contribution in [1.82, 2.24) is 5.32 Å². The maximum absolute atomic E-state index is 6.19. The molecule has 2 fully saturated rings. The van der Waals surface area contributed by atoms with Gasteiger partial charge in [0.2, 0.25) is 0 Å². The summed E-state index contributed by atoms with van der Waals surface area (Å²) in [5.74, 6) is 0. The molecule has 1 spiro atoms. The summed E-state index contributed by atoms with van der Waals surface area (Å²) >= 11 is 6.19. The van der Waals surface area contributed by atoms with Crippen LogP contribution in [-0.2, 0) is 5.41 Å². The van der Waals surface area contributed by atoms with Gasteiger partial charge in [-0.2, -0.15) is 0 Å². The predicted molar refractivity (Wildman–Crippen MR) is 81.8 cm³/mol. The van der Waals surface area contributed by atoms with E-state index in [0.717, 1.165) is 11.6 Å². The van der Waals surface area contributed by atoms with Gasteiger partial charge in [-0.25, -0.2) is 0 Å². The van der Waals surface area contributed by atoms with Crippen LogP contribution in [0.2, 0.25) is 5.02 Å². The summed E-state index contributed by atoms with van der Waals surface area (Å²) < 4.78 is 0. The Kier molecular flexibility index (Phi) is 3.39. The quantitative estimate of drug-likeness (QED) is 0.852. The number of halogens is 1. The van der Waals surface area contributed by atoms with Crippen LogP contribution >= 0.6 is 11.6 Å². The Hall–Kier alpha value is -0.530. The minimum Gasteiger partial charge on any atom is -0.314 e. The van der Waals surface area contributed by atoms with Crippen molar-refractivity contribution in [2.24, 2.45) is 5.41 Å². The van der Waals surface area contributed by atoms with Gasteiger partial charge in [0.25, 0.3) is 0 Å². The number of benzene rings is 1. The van der Waals surface area contributed by atoms with E-state index in [0.29, 0.717) is 16.9 Å². The van der Waals surface area contributed by atoms with Crippen molar-refractivity contribution >= 4 is 11.6 Å². The lowest BCUT2D eigenvalue weighted by atomic mass is 9.43. The summed E-state index contributed by atoms with van der Waals surface area (Å²) in [6, 6.07) is 9.07. The molecule has 0 atom stereocenters. The molecule has 0 aliphatic heterocycles. The zero-order valence-corrected chi connectivity index (χ0v) is 12.8. The first-order valence-corrected chi connectivity index (χ1v) is 7.91. The van der Waals surface area contributed by atoms with Crippen LogP contribution in [0, 0.1) is 5.41 Å². The first-order chi connectivity index (χ1) is 9.04. The van der Waals surface area contributed by atoms with Gasteiger partial charge < -0.3 is 5.32 Å². The molecule has 0 bridgehead atoms. The third kappa shape index (κ3) is 2.43. The van der Waals surface area contributed by atoms with E-state index in [1.54, 1.807) is 0 Å².